The largest absolute Gasteiger partial charge is 0.493 e. The van der Waals surface area contributed by atoms with Gasteiger partial charge in [-0.25, -0.2) is 9.59 Å². The van der Waals surface area contributed by atoms with Crippen molar-refractivity contribution in [1.82, 2.24) is 5.32 Å². The summed E-state index contributed by atoms with van der Waals surface area (Å²) < 4.78 is 20.1. The van der Waals surface area contributed by atoms with E-state index in [9.17, 15) is 14.4 Å². The van der Waals surface area contributed by atoms with Crippen LogP contribution >= 0.6 is 0 Å². The molecular formula is C21H23NO7. The van der Waals surface area contributed by atoms with Gasteiger partial charge in [-0.15, -0.1) is 0 Å². The molecule has 0 aromatic heterocycles. The molecule has 1 N–H and O–H groups in total. The van der Waals surface area contributed by atoms with Crippen molar-refractivity contribution >= 4 is 17.8 Å². The van der Waals surface area contributed by atoms with Gasteiger partial charge in [-0.05, 0) is 17.7 Å². The average molecular weight is 401 g/mol. The van der Waals surface area contributed by atoms with Crippen LogP contribution in [-0.4, -0.2) is 51.3 Å². The Morgan fingerprint density at radius 3 is 2.21 bits per heavy atom. The second-order valence-electron chi connectivity index (χ2n) is 5.93. The van der Waals surface area contributed by atoms with Crippen molar-refractivity contribution in [2.75, 3.05) is 27.4 Å². The van der Waals surface area contributed by atoms with Crippen molar-refractivity contribution in [3.05, 3.63) is 60.2 Å². The van der Waals surface area contributed by atoms with Crippen molar-refractivity contribution < 1.29 is 33.3 Å². The molecule has 0 spiro atoms. The number of carbonyl (C=O) groups excluding carboxylic acids is 3. The predicted molar refractivity (Wildman–Crippen MR) is 104 cm³/mol. The van der Waals surface area contributed by atoms with E-state index in [2.05, 4.69) is 5.32 Å². The third-order valence-electron chi connectivity index (χ3n) is 3.88. The molecule has 1 atom stereocenters. The van der Waals surface area contributed by atoms with E-state index in [4.69, 9.17) is 18.9 Å². The summed E-state index contributed by atoms with van der Waals surface area (Å²) in [4.78, 5) is 35.8. The second-order valence-corrected chi connectivity index (χ2v) is 5.93. The van der Waals surface area contributed by atoms with E-state index in [-0.39, 0.29) is 6.42 Å². The maximum Gasteiger partial charge on any atom is 0.344 e. The van der Waals surface area contributed by atoms with Crippen LogP contribution in [0.2, 0.25) is 0 Å². The smallest absolute Gasteiger partial charge is 0.344 e. The molecule has 8 nitrogen and oxygen atoms in total. The summed E-state index contributed by atoms with van der Waals surface area (Å²) in [6.07, 6.45) is 0.254. The zero-order valence-electron chi connectivity index (χ0n) is 16.3. The lowest BCUT2D eigenvalue weighted by molar-refractivity contribution is -0.151. The zero-order valence-corrected chi connectivity index (χ0v) is 16.3. The molecule has 0 aliphatic heterocycles. The summed E-state index contributed by atoms with van der Waals surface area (Å²) >= 11 is 0. The quantitative estimate of drug-likeness (QED) is 0.603. The summed E-state index contributed by atoms with van der Waals surface area (Å²) in [7, 11) is 2.72. The van der Waals surface area contributed by atoms with Gasteiger partial charge in [0.15, 0.2) is 24.7 Å². The monoisotopic (exact) mass is 401 g/mol. The standard InChI is InChI=1S/C21H23NO7/c1-26-17-10-6-7-11-18(17)28-14-20(24)29-13-19(23)22-16(21(25)27-2)12-15-8-4-3-5-9-15/h3-11,16H,12-14H2,1-2H3,(H,22,23). The molecule has 154 valence electrons. The Labute approximate surface area is 168 Å². The number of hydrogen-bond donors (Lipinski definition) is 1. The maximum atomic E-state index is 12.1. The minimum Gasteiger partial charge on any atom is -0.493 e. The third kappa shape index (κ3) is 7.17. The summed E-state index contributed by atoms with van der Waals surface area (Å²) in [5.41, 5.74) is 0.852. The molecule has 0 aliphatic carbocycles. The molecule has 29 heavy (non-hydrogen) atoms. The van der Waals surface area contributed by atoms with Crippen LogP contribution < -0.4 is 14.8 Å². The van der Waals surface area contributed by atoms with Gasteiger partial charge in [0.1, 0.15) is 6.04 Å². The summed E-state index contributed by atoms with van der Waals surface area (Å²) in [6, 6.07) is 15.1. The van der Waals surface area contributed by atoms with Crippen LogP contribution in [0.1, 0.15) is 5.56 Å². The van der Waals surface area contributed by atoms with Crippen LogP contribution in [0.3, 0.4) is 0 Å². The number of carbonyl (C=O) groups is 3. The molecule has 2 rings (SSSR count). The molecule has 0 saturated heterocycles. The van der Waals surface area contributed by atoms with Gasteiger partial charge in [0.2, 0.25) is 0 Å². The van der Waals surface area contributed by atoms with Crippen LogP contribution in [0.5, 0.6) is 11.5 Å². The van der Waals surface area contributed by atoms with Crippen molar-refractivity contribution in [3.63, 3.8) is 0 Å². The number of amides is 1. The fourth-order valence-corrected chi connectivity index (χ4v) is 2.48. The minimum absolute atomic E-state index is 0.254. The number of esters is 2. The van der Waals surface area contributed by atoms with Crippen LogP contribution in [-0.2, 0) is 30.3 Å². The topological polar surface area (TPSA) is 100 Å². The number of methoxy groups -OCH3 is 2. The molecule has 1 unspecified atom stereocenters. The van der Waals surface area contributed by atoms with Gasteiger partial charge in [0.25, 0.3) is 5.91 Å². The number of rotatable bonds is 10. The van der Waals surface area contributed by atoms with Gasteiger partial charge in [-0.3, -0.25) is 4.79 Å². The number of para-hydroxylation sites is 2. The van der Waals surface area contributed by atoms with E-state index in [0.717, 1.165) is 5.56 Å². The molecule has 2 aromatic rings. The van der Waals surface area contributed by atoms with Gasteiger partial charge >= 0.3 is 11.9 Å². The van der Waals surface area contributed by atoms with E-state index < -0.39 is 37.1 Å². The van der Waals surface area contributed by atoms with E-state index in [1.807, 2.05) is 30.3 Å². The molecule has 0 fully saturated rings. The predicted octanol–water partition coefficient (Wildman–Crippen LogP) is 1.52. The highest BCUT2D eigenvalue weighted by atomic mass is 16.6. The van der Waals surface area contributed by atoms with Gasteiger partial charge in [-0.2, -0.15) is 0 Å². The lowest BCUT2D eigenvalue weighted by Gasteiger charge is -2.16. The fourth-order valence-electron chi connectivity index (χ4n) is 2.48. The molecule has 1 amide bonds. The Morgan fingerprint density at radius 2 is 1.55 bits per heavy atom. The lowest BCUT2D eigenvalue weighted by atomic mass is 10.1. The molecular weight excluding hydrogens is 378 g/mol. The van der Waals surface area contributed by atoms with Gasteiger partial charge < -0.3 is 24.3 Å². The molecule has 0 heterocycles. The maximum absolute atomic E-state index is 12.1. The van der Waals surface area contributed by atoms with Crippen LogP contribution in [0.4, 0.5) is 0 Å². The van der Waals surface area contributed by atoms with Crippen LogP contribution in [0, 0.1) is 0 Å². The normalized spacial score (nSPS) is 11.1. The Hall–Kier alpha value is -3.55. The number of benzene rings is 2. The Bertz CT molecular complexity index is 823. The SMILES string of the molecule is COC(=O)C(Cc1ccccc1)NC(=O)COC(=O)COc1ccccc1OC. The Kier molecular flexibility index (Phi) is 8.50. The average Bonchev–Trinajstić information content (AvgIpc) is 2.76. The summed E-state index contributed by atoms with van der Waals surface area (Å²) in [5, 5.41) is 2.51. The molecule has 2 aromatic carbocycles. The van der Waals surface area contributed by atoms with E-state index in [0.29, 0.717) is 11.5 Å². The Morgan fingerprint density at radius 1 is 0.897 bits per heavy atom. The second kappa shape index (κ2) is 11.3. The number of nitrogens with one attached hydrogen (secondary N) is 1. The van der Waals surface area contributed by atoms with Crippen LogP contribution in [0.25, 0.3) is 0 Å². The first kappa shape index (κ1) is 21.7. The van der Waals surface area contributed by atoms with Crippen molar-refractivity contribution in [2.24, 2.45) is 0 Å². The highest BCUT2D eigenvalue weighted by molar-refractivity contribution is 5.86. The minimum atomic E-state index is -0.890. The number of hydrogen-bond acceptors (Lipinski definition) is 7. The van der Waals surface area contributed by atoms with Gasteiger partial charge in [0.05, 0.1) is 14.2 Å². The molecule has 0 bridgehead atoms. The van der Waals surface area contributed by atoms with E-state index in [1.54, 1.807) is 24.3 Å². The zero-order chi connectivity index (χ0) is 21.1. The van der Waals surface area contributed by atoms with Crippen molar-refractivity contribution in [1.29, 1.82) is 0 Å². The summed E-state index contributed by atoms with van der Waals surface area (Å²) in [6.45, 7) is -0.936. The molecule has 8 heteroatoms. The van der Waals surface area contributed by atoms with E-state index in [1.165, 1.54) is 14.2 Å². The van der Waals surface area contributed by atoms with Crippen molar-refractivity contribution in [3.8, 4) is 11.5 Å². The number of ether oxygens (including phenoxy) is 4. The first-order valence-electron chi connectivity index (χ1n) is 8.86. The fraction of sp³-hybridized carbons (Fsp3) is 0.286. The third-order valence-corrected chi connectivity index (χ3v) is 3.88. The van der Waals surface area contributed by atoms with Gasteiger partial charge in [0, 0.05) is 6.42 Å². The lowest BCUT2D eigenvalue weighted by Crippen LogP contribution is -2.44. The Balaban J connectivity index is 1.81. The van der Waals surface area contributed by atoms with Gasteiger partial charge in [-0.1, -0.05) is 42.5 Å². The molecule has 0 saturated carbocycles. The van der Waals surface area contributed by atoms with Crippen molar-refractivity contribution in [2.45, 2.75) is 12.5 Å². The van der Waals surface area contributed by atoms with E-state index >= 15 is 0 Å². The summed E-state index contributed by atoms with van der Waals surface area (Å²) in [5.74, 6) is -1.09. The highest BCUT2D eigenvalue weighted by Gasteiger charge is 2.22. The highest BCUT2D eigenvalue weighted by Crippen LogP contribution is 2.25. The first-order valence-corrected chi connectivity index (χ1v) is 8.86. The van der Waals surface area contributed by atoms with Crippen LogP contribution in [0.15, 0.2) is 54.6 Å². The first-order chi connectivity index (χ1) is 14.0. The molecule has 0 aliphatic rings. The molecule has 0 radical (unpaired) electrons.